The lowest BCUT2D eigenvalue weighted by Crippen LogP contribution is -2.39. The number of carbonyl (C=O) groups excluding carboxylic acids is 2. The van der Waals surface area contributed by atoms with Crippen molar-refractivity contribution >= 4 is 11.8 Å². The predicted octanol–water partition coefficient (Wildman–Crippen LogP) is 1.29. The highest BCUT2D eigenvalue weighted by molar-refractivity contribution is 5.95. The fraction of sp³-hybridized carbons (Fsp3) is 0.500. The maximum absolute atomic E-state index is 12.3. The van der Waals surface area contributed by atoms with Crippen molar-refractivity contribution in [3.05, 3.63) is 35.4 Å². The summed E-state index contributed by atoms with van der Waals surface area (Å²) in [6.45, 7) is 4.18. The van der Waals surface area contributed by atoms with Crippen LogP contribution < -0.4 is 5.84 Å². The molecule has 0 saturated carbocycles. The van der Waals surface area contributed by atoms with Crippen molar-refractivity contribution in [2.45, 2.75) is 31.6 Å². The molecule has 2 N–H and O–H groups in total. The molecule has 2 heterocycles. The smallest absolute Gasteiger partial charge is 0.253 e. The number of hydrogen-bond acceptors (Lipinski definition) is 3. The molecule has 112 valence electrons. The van der Waals surface area contributed by atoms with E-state index in [4.69, 9.17) is 5.84 Å². The fourth-order valence-corrected chi connectivity index (χ4v) is 3.22. The van der Waals surface area contributed by atoms with E-state index >= 15 is 0 Å². The Balaban J connectivity index is 1.81. The third-order valence-electron chi connectivity index (χ3n) is 4.75. The van der Waals surface area contributed by atoms with Gasteiger partial charge in [-0.3, -0.25) is 14.6 Å². The minimum atomic E-state index is -0.566. The van der Waals surface area contributed by atoms with E-state index in [0.717, 1.165) is 31.5 Å². The molecule has 1 atom stereocenters. The molecule has 21 heavy (non-hydrogen) atoms. The van der Waals surface area contributed by atoms with Crippen LogP contribution in [0.5, 0.6) is 0 Å². The lowest BCUT2D eigenvalue weighted by molar-refractivity contribution is -0.132. The molecule has 0 unspecified atom stereocenters. The zero-order chi connectivity index (χ0) is 15.0. The lowest BCUT2D eigenvalue weighted by atomic mass is 9.81. The number of hydrazine groups is 1. The van der Waals surface area contributed by atoms with Crippen molar-refractivity contribution < 1.29 is 9.59 Å². The summed E-state index contributed by atoms with van der Waals surface area (Å²) < 4.78 is 0. The molecule has 0 radical (unpaired) electrons. The van der Waals surface area contributed by atoms with Crippen LogP contribution in [0.15, 0.2) is 24.3 Å². The molecule has 2 aliphatic rings. The monoisotopic (exact) mass is 287 g/mol. The summed E-state index contributed by atoms with van der Waals surface area (Å²) >= 11 is 0. The van der Waals surface area contributed by atoms with E-state index in [-0.39, 0.29) is 11.8 Å². The Kier molecular flexibility index (Phi) is 3.45. The van der Waals surface area contributed by atoms with Crippen LogP contribution in [-0.4, -0.2) is 41.4 Å². The molecule has 0 aromatic heterocycles. The lowest BCUT2D eigenvalue weighted by Gasteiger charge is -2.23. The van der Waals surface area contributed by atoms with Gasteiger partial charge in [0.1, 0.15) is 0 Å². The maximum Gasteiger partial charge on any atom is 0.253 e. The van der Waals surface area contributed by atoms with Gasteiger partial charge in [-0.25, -0.2) is 5.84 Å². The SMILES string of the molecule is C[C@@]1(c2ccc(C(=O)N3CCCC3)cc2)CCN(N)C1=O. The van der Waals surface area contributed by atoms with Gasteiger partial charge in [-0.2, -0.15) is 0 Å². The third kappa shape index (κ3) is 2.31. The first-order valence-electron chi connectivity index (χ1n) is 7.49. The van der Waals surface area contributed by atoms with Crippen LogP contribution in [0, 0.1) is 0 Å². The van der Waals surface area contributed by atoms with E-state index in [9.17, 15) is 9.59 Å². The fourth-order valence-electron chi connectivity index (χ4n) is 3.22. The second-order valence-corrected chi connectivity index (χ2v) is 6.16. The summed E-state index contributed by atoms with van der Waals surface area (Å²) in [6.07, 6.45) is 2.88. The Morgan fingerprint density at radius 3 is 2.29 bits per heavy atom. The van der Waals surface area contributed by atoms with Gasteiger partial charge < -0.3 is 4.90 Å². The number of likely N-dealkylation sites (tertiary alicyclic amines) is 1. The molecule has 5 heteroatoms. The number of hydrogen-bond donors (Lipinski definition) is 1. The average molecular weight is 287 g/mol. The predicted molar refractivity (Wildman–Crippen MR) is 79.4 cm³/mol. The second-order valence-electron chi connectivity index (χ2n) is 6.16. The van der Waals surface area contributed by atoms with Crippen LogP contribution in [0.25, 0.3) is 0 Å². The van der Waals surface area contributed by atoms with E-state index in [2.05, 4.69) is 0 Å². The Morgan fingerprint density at radius 2 is 1.76 bits per heavy atom. The van der Waals surface area contributed by atoms with Crippen molar-refractivity contribution in [3.63, 3.8) is 0 Å². The van der Waals surface area contributed by atoms with Crippen molar-refractivity contribution in [2.24, 2.45) is 5.84 Å². The first-order valence-corrected chi connectivity index (χ1v) is 7.49. The van der Waals surface area contributed by atoms with Crippen molar-refractivity contribution in [1.29, 1.82) is 0 Å². The van der Waals surface area contributed by atoms with Gasteiger partial charge in [0.25, 0.3) is 5.91 Å². The number of rotatable bonds is 2. The van der Waals surface area contributed by atoms with Crippen LogP contribution in [0.1, 0.15) is 42.1 Å². The van der Waals surface area contributed by atoms with Gasteiger partial charge in [0.2, 0.25) is 5.91 Å². The summed E-state index contributed by atoms with van der Waals surface area (Å²) in [7, 11) is 0. The summed E-state index contributed by atoms with van der Waals surface area (Å²) in [5.74, 6) is 5.71. The van der Waals surface area contributed by atoms with Gasteiger partial charge in [0.15, 0.2) is 0 Å². The van der Waals surface area contributed by atoms with Gasteiger partial charge >= 0.3 is 0 Å². The molecule has 1 aromatic carbocycles. The first kappa shape index (κ1) is 14.1. The van der Waals surface area contributed by atoms with E-state index in [0.29, 0.717) is 18.5 Å². The van der Waals surface area contributed by atoms with Gasteiger partial charge in [0.05, 0.1) is 5.41 Å². The first-order chi connectivity index (χ1) is 10.0. The zero-order valence-corrected chi connectivity index (χ0v) is 12.3. The highest BCUT2D eigenvalue weighted by Crippen LogP contribution is 2.34. The molecular weight excluding hydrogens is 266 g/mol. The Hall–Kier alpha value is -1.88. The number of nitrogens with zero attached hydrogens (tertiary/aromatic N) is 2. The molecule has 1 aromatic rings. The topological polar surface area (TPSA) is 66.6 Å². The number of carbonyl (C=O) groups is 2. The zero-order valence-electron chi connectivity index (χ0n) is 12.3. The molecule has 2 amide bonds. The minimum Gasteiger partial charge on any atom is -0.339 e. The Morgan fingerprint density at radius 1 is 1.14 bits per heavy atom. The standard InChI is InChI=1S/C16H21N3O2/c1-16(8-11-19(17)15(16)21)13-6-4-12(5-7-13)14(20)18-9-2-3-10-18/h4-7H,2-3,8-11,17H2,1H3/t16-/m0/s1. The Labute approximate surface area is 124 Å². The minimum absolute atomic E-state index is 0.0545. The maximum atomic E-state index is 12.3. The third-order valence-corrected chi connectivity index (χ3v) is 4.75. The van der Waals surface area contributed by atoms with Crippen molar-refractivity contribution in [2.75, 3.05) is 19.6 Å². The highest BCUT2D eigenvalue weighted by atomic mass is 16.2. The summed E-state index contributed by atoms with van der Waals surface area (Å²) in [5.41, 5.74) is 1.06. The molecular formula is C16H21N3O2. The molecule has 0 aliphatic carbocycles. The van der Waals surface area contributed by atoms with E-state index in [1.54, 1.807) is 0 Å². The molecule has 5 nitrogen and oxygen atoms in total. The van der Waals surface area contributed by atoms with Crippen molar-refractivity contribution in [3.8, 4) is 0 Å². The summed E-state index contributed by atoms with van der Waals surface area (Å²) in [4.78, 5) is 26.4. The number of amides is 2. The molecule has 0 bridgehead atoms. The molecule has 0 spiro atoms. The van der Waals surface area contributed by atoms with E-state index < -0.39 is 5.41 Å². The van der Waals surface area contributed by atoms with Gasteiger partial charge in [0, 0.05) is 25.2 Å². The van der Waals surface area contributed by atoms with E-state index in [1.165, 1.54) is 5.01 Å². The average Bonchev–Trinajstić information content (AvgIpc) is 3.12. The highest BCUT2D eigenvalue weighted by Gasteiger charge is 2.43. The molecule has 2 fully saturated rings. The quantitative estimate of drug-likeness (QED) is 0.658. The van der Waals surface area contributed by atoms with E-state index in [1.807, 2.05) is 36.1 Å². The Bertz CT molecular complexity index is 563. The molecule has 2 saturated heterocycles. The van der Waals surface area contributed by atoms with Gasteiger partial charge in [-0.1, -0.05) is 12.1 Å². The van der Waals surface area contributed by atoms with Crippen LogP contribution in [0.4, 0.5) is 0 Å². The largest absolute Gasteiger partial charge is 0.339 e. The summed E-state index contributed by atoms with van der Waals surface area (Å²) in [6, 6.07) is 7.43. The molecule has 2 aliphatic heterocycles. The second kappa shape index (κ2) is 5.15. The number of nitrogens with two attached hydrogens (primary N) is 1. The van der Waals surface area contributed by atoms with Crippen LogP contribution in [-0.2, 0) is 10.2 Å². The van der Waals surface area contributed by atoms with Crippen molar-refractivity contribution in [1.82, 2.24) is 9.91 Å². The van der Waals surface area contributed by atoms with Crippen LogP contribution >= 0.6 is 0 Å². The summed E-state index contributed by atoms with van der Waals surface area (Å²) in [5, 5.41) is 1.28. The van der Waals surface area contributed by atoms with Gasteiger partial charge in [-0.05, 0) is 43.9 Å². The van der Waals surface area contributed by atoms with Gasteiger partial charge in [-0.15, -0.1) is 0 Å². The number of benzene rings is 1. The van der Waals surface area contributed by atoms with Crippen LogP contribution in [0.2, 0.25) is 0 Å². The normalized spacial score (nSPS) is 25.7. The van der Waals surface area contributed by atoms with Crippen LogP contribution in [0.3, 0.4) is 0 Å². The molecule has 3 rings (SSSR count).